The molecule has 1 saturated carbocycles. The van der Waals surface area contributed by atoms with Crippen molar-refractivity contribution in [2.75, 3.05) is 13.1 Å². The molecule has 10 nitrogen and oxygen atoms in total. The van der Waals surface area contributed by atoms with Gasteiger partial charge in [0, 0.05) is 19.2 Å². The number of nitro benzene ring substituents is 1. The molecule has 1 aliphatic carbocycles. The van der Waals surface area contributed by atoms with Gasteiger partial charge in [-0.05, 0) is 56.7 Å². The van der Waals surface area contributed by atoms with Gasteiger partial charge in [0.15, 0.2) is 5.75 Å². The fourth-order valence-electron chi connectivity index (χ4n) is 3.60. The highest BCUT2D eigenvalue weighted by Crippen LogP contribution is 2.38. The average molecular weight is 445 g/mol. The van der Waals surface area contributed by atoms with Crippen LogP contribution in [-0.4, -0.2) is 46.2 Å². The van der Waals surface area contributed by atoms with Crippen molar-refractivity contribution in [3.05, 3.63) is 33.4 Å². The Morgan fingerprint density at radius 1 is 1.31 bits per heavy atom. The van der Waals surface area contributed by atoms with Gasteiger partial charge in [-0.15, -0.1) is 0 Å². The Morgan fingerprint density at radius 2 is 1.97 bits per heavy atom. The monoisotopic (exact) mass is 445 g/mol. The van der Waals surface area contributed by atoms with Gasteiger partial charge in [-0.1, -0.05) is 13.3 Å². The molecule has 1 aliphatic rings. The Morgan fingerprint density at radius 3 is 2.53 bits per heavy atom. The lowest BCUT2D eigenvalue weighted by Crippen LogP contribution is -2.31. The summed E-state index contributed by atoms with van der Waals surface area (Å²) in [7, 11) is 0. The molecular formula is C22H27N3O7. The molecule has 0 saturated heterocycles. The third-order valence-corrected chi connectivity index (χ3v) is 5.46. The van der Waals surface area contributed by atoms with E-state index in [1.54, 1.807) is 19.9 Å². The Bertz CT molecular complexity index is 948. The van der Waals surface area contributed by atoms with Crippen molar-refractivity contribution in [1.29, 1.82) is 5.26 Å². The highest BCUT2D eigenvalue weighted by atomic mass is 16.7. The maximum atomic E-state index is 12.5. The smallest absolute Gasteiger partial charge is 0.499 e. The van der Waals surface area contributed by atoms with Crippen LogP contribution in [0.25, 0.3) is 6.08 Å². The van der Waals surface area contributed by atoms with Gasteiger partial charge in [-0.2, -0.15) is 5.26 Å². The fraction of sp³-hybridized carbons (Fsp3) is 0.500. The summed E-state index contributed by atoms with van der Waals surface area (Å²) < 4.78 is 10.4. The molecule has 2 unspecified atom stereocenters. The molecule has 0 radical (unpaired) electrons. The van der Waals surface area contributed by atoms with E-state index >= 15 is 0 Å². The number of phenols is 1. The number of nitrogens with zero attached hydrogens (tertiary/aromatic N) is 3. The van der Waals surface area contributed by atoms with E-state index in [0.29, 0.717) is 19.5 Å². The van der Waals surface area contributed by atoms with E-state index < -0.39 is 34.2 Å². The van der Waals surface area contributed by atoms with Crippen LogP contribution in [0.3, 0.4) is 0 Å². The number of carbonyl (C=O) groups excluding carboxylic acids is 2. The predicted octanol–water partition coefficient (Wildman–Crippen LogP) is 4.17. The van der Waals surface area contributed by atoms with Gasteiger partial charge in [0.05, 0.1) is 4.92 Å². The molecule has 10 heteroatoms. The molecule has 32 heavy (non-hydrogen) atoms. The van der Waals surface area contributed by atoms with Gasteiger partial charge in [0.1, 0.15) is 17.7 Å². The molecule has 0 spiro atoms. The lowest BCUT2D eigenvalue weighted by Gasteiger charge is -2.27. The number of amides is 1. The van der Waals surface area contributed by atoms with Crippen molar-refractivity contribution < 1.29 is 29.1 Å². The highest BCUT2D eigenvalue weighted by molar-refractivity contribution is 6.01. The summed E-state index contributed by atoms with van der Waals surface area (Å²) in [5.41, 5.74) is -0.946. The highest BCUT2D eigenvalue weighted by Gasteiger charge is 2.28. The molecule has 1 N–H and O–H groups in total. The molecule has 0 heterocycles. The quantitative estimate of drug-likeness (QED) is 0.164. The minimum absolute atomic E-state index is 0.0420. The third-order valence-electron chi connectivity index (χ3n) is 5.46. The third kappa shape index (κ3) is 5.97. The summed E-state index contributed by atoms with van der Waals surface area (Å²) >= 11 is 0. The first-order valence-corrected chi connectivity index (χ1v) is 10.5. The van der Waals surface area contributed by atoms with Crippen LogP contribution in [0.1, 0.15) is 52.0 Å². The molecule has 1 aromatic carbocycles. The summed E-state index contributed by atoms with van der Waals surface area (Å²) in [4.78, 5) is 36.7. The average Bonchev–Trinajstić information content (AvgIpc) is 2.76. The van der Waals surface area contributed by atoms with Gasteiger partial charge in [0.25, 0.3) is 5.91 Å². The summed E-state index contributed by atoms with van der Waals surface area (Å²) in [6.07, 6.45) is 3.27. The summed E-state index contributed by atoms with van der Waals surface area (Å²) in [5, 5.41) is 31.0. The maximum Gasteiger partial charge on any atom is 0.514 e. The number of benzene rings is 1. The number of nitro groups is 1. The molecule has 1 aromatic rings. The first-order chi connectivity index (χ1) is 15.2. The zero-order valence-corrected chi connectivity index (χ0v) is 18.4. The zero-order chi connectivity index (χ0) is 23.8. The SMILES string of the molecule is CCN(CC)C(=O)C(C#N)=Cc1cc(OC(=O)OC2CCCCC2C)c(O)c([N+](=O)[O-])c1. The van der Waals surface area contributed by atoms with Crippen molar-refractivity contribution in [2.24, 2.45) is 5.92 Å². The lowest BCUT2D eigenvalue weighted by molar-refractivity contribution is -0.385. The van der Waals surface area contributed by atoms with E-state index in [1.165, 1.54) is 4.90 Å². The first kappa shape index (κ1) is 24.7. The van der Waals surface area contributed by atoms with Crippen LogP contribution in [-0.2, 0) is 9.53 Å². The van der Waals surface area contributed by atoms with Crippen molar-refractivity contribution in [1.82, 2.24) is 4.90 Å². The van der Waals surface area contributed by atoms with E-state index in [4.69, 9.17) is 9.47 Å². The van der Waals surface area contributed by atoms with Gasteiger partial charge in [0.2, 0.25) is 5.75 Å². The number of rotatable bonds is 7. The number of hydrogen-bond donors (Lipinski definition) is 1. The predicted molar refractivity (Wildman–Crippen MR) is 115 cm³/mol. The molecular weight excluding hydrogens is 418 g/mol. The first-order valence-electron chi connectivity index (χ1n) is 10.5. The van der Waals surface area contributed by atoms with Crippen LogP contribution in [0.2, 0.25) is 0 Å². The summed E-state index contributed by atoms with van der Waals surface area (Å²) in [6, 6.07) is 3.92. The standard InChI is InChI=1S/C22H27N3O7/c1-4-24(5-2)21(27)16(13-23)10-15-11-17(25(29)30)20(26)19(12-15)32-22(28)31-18-9-7-6-8-14(18)3/h10-12,14,18,26H,4-9H2,1-3H3. The number of carbonyl (C=O) groups is 2. The molecule has 0 aliphatic heterocycles. The van der Waals surface area contributed by atoms with E-state index in [-0.39, 0.29) is 23.2 Å². The van der Waals surface area contributed by atoms with Gasteiger partial charge in [-0.3, -0.25) is 14.9 Å². The van der Waals surface area contributed by atoms with Crippen LogP contribution >= 0.6 is 0 Å². The van der Waals surface area contributed by atoms with Gasteiger partial charge in [-0.25, -0.2) is 4.79 Å². The molecule has 0 aromatic heterocycles. The van der Waals surface area contributed by atoms with E-state index in [0.717, 1.165) is 37.5 Å². The largest absolute Gasteiger partial charge is 0.514 e. The maximum absolute atomic E-state index is 12.5. The van der Waals surface area contributed by atoms with E-state index in [1.807, 2.05) is 6.92 Å². The van der Waals surface area contributed by atoms with Crippen LogP contribution < -0.4 is 4.74 Å². The second-order valence-electron chi connectivity index (χ2n) is 7.56. The van der Waals surface area contributed by atoms with Crippen molar-refractivity contribution in [2.45, 2.75) is 52.6 Å². The molecule has 1 amide bonds. The second-order valence-corrected chi connectivity index (χ2v) is 7.56. The normalized spacial score (nSPS) is 18.4. The summed E-state index contributed by atoms with van der Waals surface area (Å²) in [6.45, 7) is 6.23. The number of aromatic hydroxyl groups is 1. The molecule has 1 fully saturated rings. The number of nitriles is 1. The van der Waals surface area contributed by atoms with Crippen LogP contribution in [0.4, 0.5) is 10.5 Å². The molecule has 172 valence electrons. The number of likely N-dealkylation sites (N-methyl/N-ethyl adjacent to an activating group) is 1. The minimum atomic E-state index is -1.09. The number of ether oxygens (including phenoxy) is 2. The van der Waals surface area contributed by atoms with E-state index in [2.05, 4.69) is 0 Å². The Hall–Kier alpha value is -3.61. The number of phenolic OH excluding ortho intramolecular Hbond substituents is 1. The van der Waals surface area contributed by atoms with Crippen LogP contribution in [0.5, 0.6) is 11.5 Å². The van der Waals surface area contributed by atoms with Crippen molar-refractivity contribution in [3.63, 3.8) is 0 Å². The Labute approximate surface area is 186 Å². The summed E-state index contributed by atoms with van der Waals surface area (Å²) in [5.74, 6) is -1.74. The topological polar surface area (TPSA) is 143 Å². The van der Waals surface area contributed by atoms with Crippen molar-refractivity contribution in [3.8, 4) is 17.6 Å². The van der Waals surface area contributed by atoms with Crippen LogP contribution in [0, 0.1) is 27.4 Å². The van der Waals surface area contributed by atoms with Gasteiger partial charge < -0.3 is 19.5 Å². The second kappa shape index (κ2) is 11.1. The number of hydrogen-bond acceptors (Lipinski definition) is 8. The Balaban J connectivity index is 2.36. The van der Waals surface area contributed by atoms with Crippen molar-refractivity contribution >= 4 is 23.8 Å². The molecule has 0 bridgehead atoms. The lowest BCUT2D eigenvalue weighted by atomic mass is 9.88. The molecule has 2 rings (SSSR count). The van der Waals surface area contributed by atoms with Crippen LogP contribution in [0.15, 0.2) is 17.7 Å². The Kier molecular flexibility index (Phi) is 8.58. The van der Waals surface area contributed by atoms with Gasteiger partial charge >= 0.3 is 11.8 Å². The zero-order valence-electron chi connectivity index (χ0n) is 18.4. The molecule has 2 atom stereocenters. The van der Waals surface area contributed by atoms with E-state index in [9.17, 15) is 30.1 Å². The minimum Gasteiger partial charge on any atom is -0.499 e. The fourth-order valence-corrected chi connectivity index (χ4v) is 3.60.